The van der Waals surface area contributed by atoms with Crippen LogP contribution in [-0.2, 0) is 6.54 Å². The second-order valence-corrected chi connectivity index (χ2v) is 5.84. The van der Waals surface area contributed by atoms with E-state index in [1.807, 2.05) is 19.1 Å². The number of phenolic OH excluding ortho intramolecular Hbond substituents is 1. The molecule has 0 aliphatic heterocycles. The van der Waals surface area contributed by atoms with E-state index < -0.39 is 0 Å². The van der Waals surface area contributed by atoms with Crippen molar-refractivity contribution in [1.82, 2.24) is 10.2 Å². The topological polar surface area (TPSA) is 44.7 Å². The Labute approximate surface area is 129 Å². The second-order valence-electron chi connectivity index (χ2n) is 5.84. The van der Waals surface area contributed by atoms with Crippen LogP contribution in [0.5, 0.6) is 11.5 Å². The molecule has 1 aromatic carbocycles. The Kier molecular flexibility index (Phi) is 7.54. The fourth-order valence-electron chi connectivity index (χ4n) is 2.49. The lowest BCUT2D eigenvalue weighted by atomic mass is 10.2. The first-order valence-corrected chi connectivity index (χ1v) is 7.86. The van der Waals surface area contributed by atoms with Gasteiger partial charge >= 0.3 is 0 Å². The van der Waals surface area contributed by atoms with Crippen LogP contribution in [0.25, 0.3) is 0 Å². The molecule has 0 heterocycles. The third-order valence-electron chi connectivity index (χ3n) is 3.53. The predicted molar refractivity (Wildman–Crippen MR) is 88.0 cm³/mol. The molecule has 4 heteroatoms. The van der Waals surface area contributed by atoms with Gasteiger partial charge in [0, 0.05) is 31.7 Å². The molecule has 0 unspecified atom stereocenters. The smallest absolute Gasteiger partial charge is 0.161 e. The van der Waals surface area contributed by atoms with Crippen molar-refractivity contribution in [3.05, 3.63) is 23.8 Å². The lowest BCUT2D eigenvalue weighted by Crippen LogP contribution is -2.41. The Morgan fingerprint density at radius 1 is 1.19 bits per heavy atom. The molecule has 0 saturated carbocycles. The highest BCUT2D eigenvalue weighted by Gasteiger charge is 2.12. The highest BCUT2D eigenvalue weighted by atomic mass is 16.5. The van der Waals surface area contributed by atoms with Gasteiger partial charge in [0.25, 0.3) is 0 Å². The minimum Gasteiger partial charge on any atom is -0.504 e. The van der Waals surface area contributed by atoms with E-state index in [4.69, 9.17) is 4.74 Å². The molecule has 0 amide bonds. The van der Waals surface area contributed by atoms with Crippen LogP contribution in [-0.4, -0.2) is 41.8 Å². The van der Waals surface area contributed by atoms with Crippen molar-refractivity contribution in [3.8, 4) is 11.5 Å². The number of nitrogens with one attached hydrogen (secondary N) is 1. The summed E-state index contributed by atoms with van der Waals surface area (Å²) in [5, 5.41) is 13.1. The Morgan fingerprint density at radius 2 is 1.86 bits per heavy atom. The van der Waals surface area contributed by atoms with E-state index in [1.165, 1.54) is 0 Å². The van der Waals surface area contributed by atoms with Crippen LogP contribution in [0.4, 0.5) is 0 Å². The zero-order valence-corrected chi connectivity index (χ0v) is 14.0. The molecule has 2 N–H and O–H groups in total. The monoisotopic (exact) mass is 294 g/mol. The SMILES string of the molecule is CCOc1cc(CNCCN(C(C)C)C(C)C)ccc1O. The number of ether oxygens (including phenoxy) is 1. The quantitative estimate of drug-likeness (QED) is 0.687. The number of hydrogen-bond acceptors (Lipinski definition) is 4. The summed E-state index contributed by atoms with van der Waals surface area (Å²) < 4.78 is 5.40. The summed E-state index contributed by atoms with van der Waals surface area (Å²) in [6.07, 6.45) is 0. The van der Waals surface area contributed by atoms with Crippen LogP contribution >= 0.6 is 0 Å². The third-order valence-corrected chi connectivity index (χ3v) is 3.53. The first-order chi connectivity index (χ1) is 9.95. The molecule has 0 bridgehead atoms. The summed E-state index contributed by atoms with van der Waals surface area (Å²) in [7, 11) is 0. The number of hydrogen-bond donors (Lipinski definition) is 2. The molecule has 0 spiro atoms. The van der Waals surface area contributed by atoms with E-state index >= 15 is 0 Å². The standard InChI is InChI=1S/C17H30N2O2/c1-6-21-17-11-15(7-8-16(17)20)12-18-9-10-19(13(2)3)14(4)5/h7-8,11,13-14,18,20H,6,9-10,12H2,1-5H3. The van der Waals surface area contributed by atoms with Crippen LogP contribution in [0.3, 0.4) is 0 Å². The van der Waals surface area contributed by atoms with Gasteiger partial charge < -0.3 is 15.2 Å². The van der Waals surface area contributed by atoms with Gasteiger partial charge in [-0.2, -0.15) is 0 Å². The molecule has 0 saturated heterocycles. The molecule has 21 heavy (non-hydrogen) atoms. The molecular formula is C17H30N2O2. The van der Waals surface area contributed by atoms with E-state index in [1.54, 1.807) is 6.07 Å². The van der Waals surface area contributed by atoms with Crippen molar-refractivity contribution >= 4 is 0 Å². The zero-order chi connectivity index (χ0) is 15.8. The minimum absolute atomic E-state index is 0.200. The Bertz CT molecular complexity index is 411. The molecule has 0 atom stereocenters. The van der Waals surface area contributed by atoms with Crippen molar-refractivity contribution in [2.45, 2.75) is 53.2 Å². The zero-order valence-electron chi connectivity index (χ0n) is 14.0. The van der Waals surface area contributed by atoms with Gasteiger partial charge in [0.2, 0.25) is 0 Å². The lowest BCUT2D eigenvalue weighted by Gasteiger charge is -2.30. The number of rotatable bonds is 9. The van der Waals surface area contributed by atoms with E-state index in [9.17, 15) is 5.11 Å². The van der Waals surface area contributed by atoms with Crippen molar-refractivity contribution in [2.75, 3.05) is 19.7 Å². The molecule has 0 aliphatic carbocycles. The normalized spacial score (nSPS) is 11.6. The Hall–Kier alpha value is -1.26. The van der Waals surface area contributed by atoms with Crippen molar-refractivity contribution in [2.24, 2.45) is 0 Å². The molecule has 120 valence electrons. The minimum atomic E-state index is 0.200. The predicted octanol–water partition coefficient (Wildman–Crippen LogP) is 3.00. The summed E-state index contributed by atoms with van der Waals surface area (Å²) in [5.41, 5.74) is 1.12. The largest absolute Gasteiger partial charge is 0.504 e. The Balaban J connectivity index is 2.43. The number of aromatic hydroxyl groups is 1. The van der Waals surface area contributed by atoms with Crippen molar-refractivity contribution in [3.63, 3.8) is 0 Å². The summed E-state index contributed by atoms with van der Waals surface area (Å²) in [4.78, 5) is 2.47. The fraction of sp³-hybridized carbons (Fsp3) is 0.647. The molecule has 1 rings (SSSR count). The average molecular weight is 294 g/mol. The van der Waals surface area contributed by atoms with Crippen LogP contribution in [0.1, 0.15) is 40.2 Å². The molecule has 0 aliphatic rings. The van der Waals surface area contributed by atoms with Gasteiger partial charge in [0.1, 0.15) is 0 Å². The van der Waals surface area contributed by atoms with Crippen LogP contribution in [0, 0.1) is 0 Å². The third kappa shape index (κ3) is 5.94. The summed E-state index contributed by atoms with van der Waals surface area (Å²) in [5.74, 6) is 0.758. The van der Waals surface area contributed by atoms with Gasteiger partial charge in [-0.25, -0.2) is 0 Å². The van der Waals surface area contributed by atoms with E-state index in [0.717, 1.165) is 25.2 Å². The average Bonchev–Trinajstić information content (AvgIpc) is 2.41. The van der Waals surface area contributed by atoms with Crippen molar-refractivity contribution in [1.29, 1.82) is 0 Å². The van der Waals surface area contributed by atoms with Gasteiger partial charge in [-0.05, 0) is 52.3 Å². The van der Waals surface area contributed by atoms with Crippen molar-refractivity contribution < 1.29 is 9.84 Å². The van der Waals surface area contributed by atoms with Gasteiger partial charge in [0.05, 0.1) is 6.61 Å². The van der Waals surface area contributed by atoms with Crippen LogP contribution < -0.4 is 10.1 Å². The van der Waals surface area contributed by atoms with E-state index in [0.29, 0.717) is 24.4 Å². The summed E-state index contributed by atoms with van der Waals surface area (Å²) in [6.45, 7) is 14.2. The molecular weight excluding hydrogens is 264 g/mol. The van der Waals surface area contributed by atoms with Gasteiger partial charge in [-0.3, -0.25) is 4.90 Å². The van der Waals surface area contributed by atoms with Crippen LogP contribution in [0.15, 0.2) is 18.2 Å². The second kappa shape index (κ2) is 8.90. The molecule has 0 radical (unpaired) electrons. The molecule has 0 aromatic heterocycles. The van der Waals surface area contributed by atoms with E-state index in [-0.39, 0.29) is 5.75 Å². The Morgan fingerprint density at radius 3 is 2.43 bits per heavy atom. The first kappa shape index (κ1) is 17.8. The number of benzene rings is 1. The van der Waals surface area contributed by atoms with Gasteiger partial charge in [-0.1, -0.05) is 6.07 Å². The summed E-state index contributed by atoms with van der Waals surface area (Å²) in [6, 6.07) is 6.63. The van der Waals surface area contributed by atoms with E-state index in [2.05, 4.69) is 37.9 Å². The van der Waals surface area contributed by atoms with Crippen LogP contribution in [0.2, 0.25) is 0 Å². The maximum atomic E-state index is 9.68. The fourth-order valence-corrected chi connectivity index (χ4v) is 2.49. The first-order valence-electron chi connectivity index (χ1n) is 7.86. The molecule has 0 fully saturated rings. The molecule has 4 nitrogen and oxygen atoms in total. The highest BCUT2D eigenvalue weighted by Crippen LogP contribution is 2.26. The number of nitrogens with zero attached hydrogens (tertiary/aromatic N) is 1. The highest BCUT2D eigenvalue weighted by molar-refractivity contribution is 5.41. The van der Waals surface area contributed by atoms with Gasteiger partial charge in [-0.15, -0.1) is 0 Å². The number of phenols is 1. The lowest BCUT2D eigenvalue weighted by molar-refractivity contribution is 0.176. The summed E-state index contributed by atoms with van der Waals surface area (Å²) >= 11 is 0. The maximum Gasteiger partial charge on any atom is 0.161 e. The molecule has 1 aromatic rings. The van der Waals surface area contributed by atoms with Gasteiger partial charge in [0.15, 0.2) is 11.5 Å². The maximum absolute atomic E-state index is 9.68.